The molecule has 1 rings (SSSR count). The molecule has 8 heteroatoms. The molecule has 0 saturated heterocycles. The number of phenols is 1. The van der Waals surface area contributed by atoms with Gasteiger partial charge in [0.15, 0.2) is 0 Å². The van der Waals surface area contributed by atoms with Gasteiger partial charge in [-0.1, -0.05) is 0 Å². The second kappa shape index (κ2) is 8.44. The van der Waals surface area contributed by atoms with Crippen LogP contribution in [0.1, 0.15) is 13.8 Å². The standard InChI is InChI=1S/C14H24N2O5S/c1-14(2,11-21-10-9-20-8-7-15)16-22(18,19)13-5-3-12(17)4-6-13/h3-6,16-17H,7-11,15H2,1-2H3. The number of nitrogens with one attached hydrogen (secondary N) is 1. The maximum absolute atomic E-state index is 12.2. The van der Waals surface area contributed by atoms with Crippen LogP contribution in [0, 0.1) is 0 Å². The molecule has 0 aromatic heterocycles. The number of ether oxygens (including phenoxy) is 2. The first-order chi connectivity index (χ1) is 10.3. The van der Waals surface area contributed by atoms with Gasteiger partial charge in [-0.2, -0.15) is 0 Å². The van der Waals surface area contributed by atoms with E-state index in [-0.39, 0.29) is 17.3 Å². The van der Waals surface area contributed by atoms with Gasteiger partial charge in [0.1, 0.15) is 5.75 Å². The van der Waals surface area contributed by atoms with Crippen LogP contribution in [-0.4, -0.2) is 52.0 Å². The highest BCUT2D eigenvalue weighted by Crippen LogP contribution is 2.16. The Bertz CT molecular complexity index is 543. The molecule has 0 saturated carbocycles. The van der Waals surface area contributed by atoms with Crippen LogP contribution >= 0.6 is 0 Å². The lowest BCUT2D eigenvalue weighted by atomic mass is 10.1. The summed E-state index contributed by atoms with van der Waals surface area (Å²) in [7, 11) is -3.67. The van der Waals surface area contributed by atoms with Crippen molar-refractivity contribution in [2.45, 2.75) is 24.3 Å². The topological polar surface area (TPSA) is 111 Å². The van der Waals surface area contributed by atoms with Gasteiger partial charge in [0, 0.05) is 6.54 Å². The number of hydrogen-bond donors (Lipinski definition) is 3. The summed E-state index contributed by atoms with van der Waals surface area (Å²) in [5.41, 5.74) is 4.52. The van der Waals surface area contributed by atoms with Crippen molar-refractivity contribution in [3.8, 4) is 5.75 Å². The first-order valence-electron chi connectivity index (χ1n) is 6.95. The third-order valence-electron chi connectivity index (χ3n) is 2.65. The first-order valence-corrected chi connectivity index (χ1v) is 8.44. The Hall–Kier alpha value is -1.19. The number of benzene rings is 1. The van der Waals surface area contributed by atoms with Crippen molar-refractivity contribution in [3.63, 3.8) is 0 Å². The Kier molecular flexibility index (Phi) is 7.24. The zero-order valence-electron chi connectivity index (χ0n) is 12.9. The molecule has 0 atom stereocenters. The first kappa shape index (κ1) is 18.9. The Morgan fingerprint density at radius 3 is 2.32 bits per heavy atom. The third-order valence-corrected chi connectivity index (χ3v) is 4.37. The number of hydrogen-bond acceptors (Lipinski definition) is 6. The summed E-state index contributed by atoms with van der Waals surface area (Å²) in [6, 6.07) is 5.34. The number of sulfonamides is 1. The number of aromatic hydroxyl groups is 1. The van der Waals surface area contributed by atoms with Crippen LogP contribution in [0.15, 0.2) is 29.2 Å². The summed E-state index contributed by atoms with van der Waals surface area (Å²) in [6.07, 6.45) is 0. The molecule has 7 nitrogen and oxygen atoms in total. The Morgan fingerprint density at radius 1 is 1.14 bits per heavy atom. The van der Waals surface area contributed by atoms with Crippen molar-refractivity contribution in [2.24, 2.45) is 5.73 Å². The fraction of sp³-hybridized carbons (Fsp3) is 0.571. The lowest BCUT2D eigenvalue weighted by molar-refractivity contribution is 0.0323. The van der Waals surface area contributed by atoms with Gasteiger partial charge in [-0.05, 0) is 38.1 Å². The van der Waals surface area contributed by atoms with E-state index >= 15 is 0 Å². The van der Waals surface area contributed by atoms with E-state index in [0.717, 1.165) is 0 Å². The van der Waals surface area contributed by atoms with Crippen molar-refractivity contribution in [2.75, 3.05) is 33.0 Å². The molecule has 22 heavy (non-hydrogen) atoms. The van der Waals surface area contributed by atoms with Crippen LogP contribution < -0.4 is 10.5 Å². The summed E-state index contributed by atoms with van der Waals surface area (Å²) < 4.78 is 37.6. The average Bonchev–Trinajstić information content (AvgIpc) is 2.42. The predicted molar refractivity (Wildman–Crippen MR) is 83.2 cm³/mol. The average molecular weight is 332 g/mol. The molecule has 0 bridgehead atoms. The summed E-state index contributed by atoms with van der Waals surface area (Å²) in [4.78, 5) is 0.0876. The predicted octanol–water partition coefficient (Wildman–Crippen LogP) is 0.441. The van der Waals surface area contributed by atoms with Crippen LogP contribution in [0.4, 0.5) is 0 Å². The van der Waals surface area contributed by atoms with E-state index in [2.05, 4.69) is 4.72 Å². The molecule has 0 fully saturated rings. The summed E-state index contributed by atoms with van der Waals surface area (Å²) in [5, 5.41) is 9.20. The highest BCUT2D eigenvalue weighted by atomic mass is 32.2. The Labute approximate surface area is 131 Å². The van der Waals surface area contributed by atoms with Crippen molar-refractivity contribution >= 4 is 10.0 Å². The van der Waals surface area contributed by atoms with Crippen LogP contribution in [0.5, 0.6) is 5.75 Å². The Morgan fingerprint density at radius 2 is 1.73 bits per heavy atom. The molecular weight excluding hydrogens is 308 g/mol. The molecule has 0 aliphatic carbocycles. The van der Waals surface area contributed by atoms with Gasteiger partial charge in [0.25, 0.3) is 0 Å². The van der Waals surface area contributed by atoms with Crippen LogP contribution in [0.3, 0.4) is 0 Å². The number of nitrogens with two attached hydrogens (primary N) is 1. The molecule has 0 aliphatic heterocycles. The van der Waals surface area contributed by atoms with E-state index in [4.69, 9.17) is 15.2 Å². The van der Waals surface area contributed by atoms with Crippen molar-refractivity contribution in [3.05, 3.63) is 24.3 Å². The van der Waals surface area contributed by atoms with Crippen molar-refractivity contribution < 1.29 is 23.0 Å². The molecule has 1 aromatic rings. The molecule has 126 valence electrons. The van der Waals surface area contributed by atoms with E-state index < -0.39 is 15.6 Å². The van der Waals surface area contributed by atoms with Crippen LogP contribution in [0.2, 0.25) is 0 Å². The number of rotatable bonds is 10. The van der Waals surface area contributed by atoms with E-state index in [1.54, 1.807) is 13.8 Å². The molecule has 1 aromatic carbocycles. The third kappa shape index (κ3) is 6.71. The minimum Gasteiger partial charge on any atom is -0.508 e. The normalized spacial score (nSPS) is 12.5. The number of phenolic OH excluding ortho intramolecular Hbond substituents is 1. The maximum Gasteiger partial charge on any atom is 0.241 e. The fourth-order valence-electron chi connectivity index (χ4n) is 1.71. The highest BCUT2D eigenvalue weighted by Gasteiger charge is 2.26. The van der Waals surface area contributed by atoms with Gasteiger partial charge in [-0.3, -0.25) is 0 Å². The highest BCUT2D eigenvalue weighted by molar-refractivity contribution is 7.89. The summed E-state index contributed by atoms with van der Waals surface area (Å²) >= 11 is 0. The second-order valence-electron chi connectivity index (χ2n) is 5.44. The van der Waals surface area contributed by atoms with Gasteiger partial charge in [0.05, 0.1) is 36.9 Å². The summed E-state index contributed by atoms with van der Waals surface area (Å²) in [6.45, 7) is 5.37. The van der Waals surface area contributed by atoms with Crippen molar-refractivity contribution in [1.29, 1.82) is 0 Å². The molecule has 0 radical (unpaired) electrons. The van der Waals surface area contributed by atoms with E-state index in [1.807, 2.05) is 0 Å². The minimum absolute atomic E-state index is 0.0130. The zero-order chi connectivity index (χ0) is 16.6. The molecule has 0 spiro atoms. The lowest BCUT2D eigenvalue weighted by Crippen LogP contribution is -2.47. The van der Waals surface area contributed by atoms with Crippen LogP contribution in [0.25, 0.3) is 0 Å². The Balaban J connectivity index is 2.50. The smallest absolute Gasteiger partial charge is 0.241 e. The van der Waals surface area contributed by atoms with E-state index in [1.165, 1.54) is 24.3 Å². The van der Waals surface area contributed by atoms with E-state index in [0.29, 0.717) is 26.4 Å². The van der Waals surface area contributed by atoms with Gasteiger partial charge in [-0.25, -0.2) is 13.1 Å². The van der Waals surface area contributed by atoms with E-state index in [9.17, 15) is 13.5 Å². The zero-order valence-corrected chi connectivity index (χ0v) is 13.7. The van der Waals surface area contributed by atoms with Crippen molar-refractivity contribution in [1.82, 2.24) is 4.72 Å². The summed E-state index contributed by atoms with van der Waals surface area (Å²) in [5.74, 6) is 0.0130. The SMILES string of the molecule is CC(C)(COCCOCCN)NS(=O)(=O)c1ccc(O)cc1. The lowest BCUT2D eigenvalue weighted by Gasteiger charge is -2.25. The van der Waals surface area contributed by atoms with Gasteiger partial charge >= 0.3 is 0 Å². The van der Waals surface area contributed by atoms with Gasteiger partial charge < -0.3 is 20.3 Å². The molecule has 0 heterocycles. The quantitative estimate of drug-likeness (QED) is 0.536. The second-order valence-corrected chi connectivity index (χ2v) is 7.12. The van der Waals surface area contributed by atoms with Gasteiger partial charge in [0.2, 0.25) is 10.0 Å². The molecular formula is C14H24N2O5S. The minimum atomic E-state index is -3.67. The largest absolute Gasteiger partial charge is 0.508 e. The molecule has 0 aliphatic rings. The monoisotopic (exact) mass is 332 g/mol. The van der Waals surface area contributed by atoms with Crippen LogP contribution in [-0.2, 0) is 19.5 Å². The maximum atomic E-state index is 12.2. The fourth-order valence-corrected chi connectivity index (χ4v) is 3.11. The molecule has 0 unspecified atom stereocenters. The molecule has 0 amide bonds. The van der Waals surface area contributed by atoms with Gasteiger partial charge in [-0.15, -0.1) is 0 Å². The molecule has 4 N–H and O–H groups in total.